The van der Waals surface area contributed by atoms with E-state index in [1.54, 1.807) is 0 Å². The Morgan fingerprint density at radius 3 is 2.18 bits per heavy atom. The van der Waals surface area contributed by atoms with Gasteiger partial charge in [0.15, 0.2) is 11.6 Å². The Morgan fingerprint density at radius 2 is 1.58 bits per heavy atom. The van der Waals surface area contributed by atoms with Crippen LogP contribution in [0.5, 0.6) is 0 Å². The largest absolute Gasteiger partial charge is 0.367 e. The van der Waals surface area contributed by atoms with Gasteiger partial charge < -0.3 is 16.0 Å². The van der Waals surface area contributed by atoms with Crippen molar-refractivity contribution in [2.75, 3.05) is 34.9 Å². The van der Waals surface area contributed by atoms with E-state index in [0.717, 1.165) is 5.69 Å². The van der Waals surface area contributed by atoms with Gasteiger partial charge in [-0.15, -0.1) is 0 Å². The van der Waals surface area contributed by atoms with Crippen molar-refractivity contribution in [1.29, 1.82) is 0 Å². The quantitative estimate of drug-likeness (QED) is 0.362. The van der Waals surface area contributed by atoms with Crippen LogP contribution in [0.15, 0.2) is 60.7 Å². The lowest BCUT2D eigenvalue weighted by molar-refractivity contribution is 0.566. The molecular formula is C24H30N6O2S. The Labute approximate surface area is 195 Å². The number of hydrogen-bond acceptors (Lipinski definition) is 7. The maximum Gasteiger partial charge on any atom is 0.212 e. The number of hydrogen-bond donors (Lipinski definition) is 4. The lowest BCUT2D eigenvalue weighted by Gasteiger charge is -2.20. The van der Waals surface area contributed by atoms with Crippen molar-refractivity contribution < 1.29 is 8.42 Å². The van der Waals surface area contributed by atoms with Gasteiger partial charge >= 0.3 is 0 Å². The van der Waals surface area contributed by atoms with Crippen molar-refractivity contribution in [2.45, 2.75) is 26.3 Å². The van der Waals surface area contributed by atoms with Crippen molar-refractivity contribution in [2.24, 2.45) is 5.92 Å². The molecule has 4 N–H and O–H groups in total. The summed E-state index contributed by atoms with van der Waals surface area (Å²) in [5, 5.41) is 9.92. The van der Waals surface area contributed by atoms with Crippen molar-refractivity contribution in [3.8, 4) is 0 Å². The number of nitrogens with one attached hydrogen (secondary N) is 4. The van der Waals surface area contributed by atoms with Crippen LogP contribution in [0, 0.1) is 5.92 Å². The highest BCUT2D eigenvalue weighted by Gasteiger charge is 2.22. The molecule has 4 rings (SSSR count). The van der Waals surface area contributed by atoms with Crippen LogP contribution >= 0.6 is 0 Å². The number of benzene rings is 2. The summed E-state index contributed by atoms with van der Waals surface area (Å²) in [7, 11) is -3.39. The molecule has 0 fully saturated rings. The van der Waals surface area contributed by atoms with Crippen LogP contribution < -0.4 is 20.7 Å². The van der Waals surface area contributed by atoms with Gasteiger partial charge in [0.25, 0.3) is 0 Å². The van der Waals surface area contributed by atoms with Crippen LogP contribution in [0.3, 0.4) is 0 Å². The maximum atomic E-state index is 12.3. The molecule has 0 amide bonds. The second-order valence-electron chi connectivity index (χ2n) is 8.49. The minimum Gasteiger partial charge on any atom is -0.367 e. The molecule has 0 spiro atoms. The first-order valence-corrected chi connectivity index (χ1v) is 12.8. The minimum atomic E-state index is -3.39. The number of rotatable bonds is 10. The Kier molecular flexibility index (Phi) is 7.10. The minimum absolute atomic E-state index is 0.0411. The molecule has 2 aromatic carbocycles. The zero-order valence-corrected chi connectivity index (χ0v) is 19.7. The molecule has 8 nitrogen and oxygen atoms in total. The van der Waals surface area contributed by atoms with E-state index < -0.39 is 10.0 Å². The monoisotopic (exact) mass is 466 g/mol. The lowest BCUT2D eigenvalue weighted by Crippen LogP contribution is -2.29. The van der Waals surface area contributed by atoms with Crippen LogP contribution in [-0.2, 0) is 16.6 Å². The molecule has 3 aromatic rings. The SMILES string of the molecule is CC(C)CS(=O)(=O)NCc1nc2c(c(NCC(c3ccccc3)c3ccccc3)n1)NCN2. The zero-order valence-electron chi connectivity index (χ0n) is 18.9. The van der Waals surface area contributed by atoms with Gasteiger partial charge in [-0.2, -0.15) is 0 Å². The van der Waals surface area contributed by atoms with E-state index in [0.29, 0.717) is 30.7 Å². The van der Waals surface area contributed by atoms with Crippen LogP contribution in [0.2, 0.25) is 0 Å². The average Bonchev–Trinajstić information content (AvgIpc) is 3.27. The average molecular weight is 467 g/mol. The molecule has 174 valence electrons. The molecule has 1 aliphatic heterocycles. The topological polar surface area (TPSA) is 108 Å². The summed E-state index contributed by atoms with van der Waals surface area (Å²) in [4.78, 5) is 9.12. The fourth-order valence-corrected chi connectivity index (χ4v) is 5.24. The van der Waals surface area contributed by atoms with Gasteiger partial charge in [-0.1, -0.05) is 74.5 Å². The predicted octanol–water partition coefficient (Wildman–Crippen LogP) is 3.59. The van der Waals surface area contributed by atoms with E-state index in [-0.39, 0.29) is 24.1 Å². The zero-order chi connectivity index (χ0) is 23.3. The summed E-state index contributed by atoms with van der Waals surface area (Å²) in [5.74, 6) is 1.97. The molecule has 33 heavy (non-hydrogen) atoms. The summed E-state index contributed by atoms with van der Waals surface area (Å²) < 4.78 is 27.1. The van der Waals surface area contributed by atoms with E-state index in [1.807, 2.05) is 50.2 Å². The molecule has 0 saturated carbocycles. The highest BCUT2D eigenvalue weighted by atomic mass is 32.2. The van der Waals surface area contributed by atoms with Gasteiger partial charge in [0.05, 0.1) is 19.0 Å². The molecule has 0 saturated heterocycles. The van der Waals surface area contributed by atoms with Crippen LogP contribution in [-0.4, -0.2) is 37.4 Å². The van der Waals surface area contributed by atoms with Crippen LogP contribution in [0.25, 0.3) is 0 Å². The molecule has 0 radical (unpaired) electrons. The number of anilines is 3. The highest BCUT2D eigenvalue weighted by Crippen LogP contribution is 2.32. The third-order valence-corrected chi connectivity index (χ3v) is 7.05. The second-order valence-corrected chi connectivity index (χ2v) is 10.3. The Balaban J connectivity index is 1.55. The van der Waals surface area contributed by atoms with E-state index in [2.05, 4.69) is 54.9 Å². The standard InChI is InChI=1S/C24H30N6O2S/c1-17(2)15-33(31,32)28-14-21-29-23(22-24(30-21)27-16-26-22)25-13-20(18-9-5-3-6-10-18)19-11-7-4-8-12-19/h3-12,17,20,26,28H,13-16H2,1-2H3,(H2,25,27,29,30). The van der Waals surface area contributed by atoms with Gasteiger partial charge in [0, 0.05) is 12.5 Å². The number of aromatic nitrogens is 2. The third kappa shape index (κ3) is 6.00. The first-order chi connectivity index (χ1) is 15.9. The first-order valence-electron chi connectivity index (χ1n) is 11.1. The molecule has 2 heterocycles. The summed E-state index contributed by atoms with van der Waals surface area (Å²) >= 11 is 0. The fraction of sp³-hybridized carbons (Fsp3) is 0.333. The second kappa shape index (κ2) is 10.2. The number of nitrogens with zero attached hydrogens (tertiary/aromatic N) is 2. The molecular weight excluding hydrogens is 436 g/mol. The smallest absolute Gasteiger partial charge is 0.212 e. The van der Waals surface area contributed by atoms with Gasteiger partial charge in [0.2, 0.25) is 10.0 Å². The summed E-state index contributed by atoms with van der Waals surface area (Å²) in [6.45, 7) is 4.95. The summed E-state index contributed by atoms with van der Waals surface area (Å²) in [5.41, 5.74) is 3.20. The van der Waals surface area contributed by atoms with Crippen molar-refractivity contribution in [1.82, 2.24) is 14.7 Å². The Bertz CT molecular complexity index is 1130. The first kappa shape index (κ1) is 23.0. The van der Waals surface area contributed by atoms with E-state index >= 15 is 0 Å². The van der Waals surface area contributed by atoms with E-state index in [9.17, 15) is 8.42 Å². The normalized spacial score (nSPS) is 13.0. The molecule has 0 unspecified atom stereocenters. The molecule has 0 bridgehead atoms. The van der Waals surface area contributed by atoms with Gasteiger partial charge in [0.1, 0.15) is 11.5 Å². The summed E-state index contributed by atoms with van der Waals surface area (Å²) in [6, 6.07) is 20.7. The van der Waals surface area contributed by atoms with E-state index in [4.69, 9.17) is 0 Å². The molecule has 0 aliphatic carbocycles. The molecule has 0 atom stereocenters. The van der Waals surface area contributed by atoms with E-state index in [1.165, 1.54) is 11.1 Å². The van der Waals surface area contributed by atoms with Gasteiger partial charge in [-0.25, -0.2) is 23.1 Å². The third-order valence-electron chi connectivity index (χ3n) is 5.36. The van der Waals surface area contributed by atoms with Crippen molar-refractivity contribution in [3.63, 3.8) is 0 Å². The highest BCUT2D eigenvalue weighted by molar-refractivity contribution is 7.89. The molecule has 1 aliphatic rings. The van der Waals surface area contributed by atoms with Crippen molar-refractivity contribution in [3.05, 3.63) is 77.6 Å². The predicted molar refractivity (Wildman–Crippen MR) is 133 cm³/mol. The van der Waals surface area contributed by atoms with Crippen LogP contribution in [0.4, 0.5) is 17.3 Å². The molecule has 9 heteroatoms. The summed E-state index contributed by atoms with van der Waals surface area (Å²) in [6.07, 6.45) is 0. The fourth-order valence-electron chi connectivity index (χ4n) is 3.90. The number of sulfonamides is 1. The lowest BCUT2D eigenvalue weighted by atomic mass is 9.91. The molecule has 1 aromatic heterocycles. The maximum absolute atomic E-state index is 12.3. The van der Waals surface area contributed by atoms with Gasteiger partial charge in [-0.3, -0.25) is 0 Å². The van der Waals surface area contributed by atoms with Gasteiger partial charge in [-0.05, 0) is 17.0 Å². The Morgan fingerprint density at radius 1 is 0.939 bits per heavy atom. The van der Waals surface area contributed by atoms with Crippen LogP contribution in [0.1, 0.15) is 36.7 Å². The Hall–Kier alpha value is -3.17. The number of fused-ring (bicyclic) bond motifs is 1. The van der Waals surface area contributed by atoms with Crippen molar-refractivity contribution >= 4 is 27.3 Å².